The normalized spacial score (nSPS) is 12.3. The molecule has 0 saturated carbocycles. The van der Waals surface area contributed by atoms with Crippen molar-refractivity contribution < 1.29 is 28.6 Å². The molecule has 1 atom stereocenters. The van der Waals surface area contributed by atoms with Crippen molar-refractivity contribution in [3.05, 3.63) is 48.6 Å². The highest BCUT2D eigenvalue weighted by molar-refractivity contribution is 5.71. The lowest BCUT2D eigenvalue weighted by atomic mass is 10.0. The van der Waals surface area contributed by atoms with Gasteiger partial charge in [0.2, 0.25) is 0 Å². The van der Waals surface area contributed by atoms with E-state index in [0.29, 0.717) is 19.3 Å². The fraction of sp³-hybridized carbons (Fsp3) is 0.853. The van der Waals surface area contributed by atoms with Gasteiger partial charge in [0.1, 0.15) is 13.2 Å². The Kier molecular flexibility index (Phi) is 67.6. The second kappa shape index (κ2) is 69.9. The van der Waals surface area contributed by atoms with E-state index in [0.717, 1.165) is 83.5 Å². The van der Waals surface area contributed by atoms with E-state index in [4.69, 9.17) is 14.2 Å². The summed E-state index contributed by atoms with van der Waals surface area (Å²) in [6, 6.07) is 0. The van der Waals surface area contributed by atoms with Gasteiger partial charge in [0.05, 0.1) is 0 Å². The molecule has 81 heavy (non-hydrogen) atoms. The first-order chi connectivity index (χ1) is 40.0. The summed E-state index contributed by atoms with van der Waals surface area (Å²) in [6.07, 6.45) is 88.6. The fourth-order valence-electron chi connectivity index (χ4n) is 11.0. The molecule has 0 spiro atoms. The van der Waals surface area contributed by atoms with Crippen LogP contribution >= 0.6 is 0 Å². The van der Waals surface area contributed by atoms with Gasteiger partial charge in [-0.05, 0) is 57.8 Å². The summed E-state index contributed by atoms with van der Waals surface area (Å²) in [5.41, 5.74) is 0. The average molecular weight is 1140 g/mol. The van der Waals surface area contributed by atoms with Crippen LogP contribution < -0.4 is 0 Å². The van der Waals surface area contributed by atoms with E-state index in [9.17, 15) is 14.4 Å². The van der Waals surface area contributed by atoms with Crippen molar-refractivity contribution in [2.75, 3.05) is 13.2 Å². The summed E-state index contributed by atoms with van der Waals surface area (Å²) in [4.78, 5) is 38.4. The maximum Gasteiger partial charge on any atom is 0.306 e. The highest BCUT2D eigenvalue weighted by atomic mass is 16.6. The van der Waals surface area contributed by atoms with Crippen molar-refractivity contribution in [1.29, 1.82) is 0 Å². The summed E-state index contributed by atoms with van der Waals surface area (Å²) >= 11 is 0. The van der Waals surface area contributed by atoms with Crippen LogP contribution in [-0.2, 0) is 28.6 Å². The van der Waals surface area contributed by atoms with Crippen LogP contribution in [0.5, 0.6) is 0 Å². The Bertz CT molecular complexity index is 1400. The Labute approximate surface area is 505 Å². The molecule has 0 aliphatic carbocycles. The van der Waals surface area contributed by atoms with Gasteiger partial charge in [0, 0.05) is 19.3 Å². The van der Waals surface area contributed by atoms with Gasteiger partial charge in [0.25, 0.3) is 0 Å². The van der Waals surface area contributed by atoms with Crippen molar-refractivity contribution in [2.24, 2.45) is 0 Å². The lowest BCUT2D eigenvalue weighted by molar-refractivity contribution is -0.167. The third-order valence-corrected chi connectivity index (χ3v) is 16.3. The maximum absolute atomic E-state index is 13.0. The molecule has 0 radical (unpaired) electrons. The molecule has 0 aromatic carbocycles. The van der Waals surface area contributed by atoms with E-state index >= 15 is 0 Å². The van der Waals surface area contributed by atoms with E-state index in [2.05, 4.69) is 69.4 Å². The minimum absolute atomic E-state index is 0.0654. The Morgan fingerprint density at radius 1 is 0.259 bits per heavy atom. The number of ether oxygens (including phenoxy) is 3. The van der Waals surface area contributed by atoms with Crippen LogP contribution in [0.15, 0.2) is 48.6 Å². The summed E-state index contributed by atoms with van der Waals surface area (Å²) < 4.78 is 17.0. The summed E-state index contributed by atoms with van der Waals surface area (Å²) in [6.45, 7) is 6.60. The van der Waals surface area contributed by atoms with E-state index < -0.39 is 6.10 Å². The highest BCUT2D eigenvalue weighted by Gasteiger charge is 2.19. The molecule has 0 aliphatic rings. The van der Waals surface area contributed by atoms with Crippen LogP contribution in [0, 0.1) is 0 Å². The molecular formula is C75H138O6. The zero-order valence-electron chi connectivity index (χ0n) is 54.6. The number of allylic oxidation sites excluding steroid dienone is 8. The van der Waals surface area contributed by atoms with Crippen molar-refractivity contribution in [3.8, 4) is 0 Å². The SMILES string of the molecule is CC/C=C\C/C=C\C/C=C\C/C=C\CCCCCCCCCCCCCCCCCCC(=O)OCC(COC(=O)CCCCCCCCCCCCCC)OC(=O)CCCCCCCCCCCCCCCCCCCCCCCC. The quantitative estimate of drug-likeness (QED) is 0.0261. The van der Waals surface area contributed by atoms with Crippen molar-refractivity contribution >= 4 is 17.9 Å². The molecule has 6 heteroatoms. The average Bonchev–Trinajstić information content (AvgIpc) is 3.47. The molecule has 6 nitrogen and oxygen atoms in total. The molecule has 0 aromatic heterocycles. The van der Waals surface area contributed by atoms with Crippen molar-refractivity contribution in [3.63, 3.8) is 0 Å². The Morgan fingerprint density at radius 3 is 0.753 bits per heavy atom. The monoisotopic (exact) mass is 1140 g/mol. The molecule has 0 aromatic rings. The van der Waals surface area contributed by atoms with Gasteiger partial charge in [-0.2, -0.15) is 0 Å². The number of rotatable bonds is 67. The van der Waals surface area contributed by atoms with Gasteiger partial charge in [-0.1, -0.05) is 365 Å². The topological polar surface area (TPSA) is 78.9 Å². The summed E-state index contributed by atoms with van der Waals surface area (Å²) in [7, 11) is 0. The van der Waals surface area contributed by atoms with Crippen LogP contribution in [0.25, 0.3) is 0 Å². The van der Waals surface area contributed by atoms with Crippen LogP contribution in [-0.4, -0.2) is 37.2 Å². The lowest BCUT2D eigenvalue weighted by Gasteiger charge is -2.18. The number of hydrogen-bond donors (Lipinski definition) is 0. The van der Waals surface area contributed by atoms with Gasteiger partial charge in [0.15, 0.2) is 6.10 Å². The lowest BCUT2D eigenvalue weighted by Crippen LogP contribution is -2.30. The number of unbranched alkanes of at least 4 members (excludes halogenated alkanes) is 48. The molecule has 0 bridgehead atoms. The van der Waals surface area contributed by atoms with Crippen LogP contribution in [0.1, 0.15) is 393 Å². The predicted molar refractivity (Wildman–Crippen MR) is 353 cm³/mol. The predicted octanol–water partition coefficient (Wildman–Crippen LogP) is 24.9. The zero-order valence-corrected chi connectivity index (χ0v) is 54.6. The number of carbonyl (C=O) groups is 3. The second-order valence-corrected chi connectivity index (χ2v) is 24.5. The Balaban J connectivity index is 4.17. The van der Waals surface area contributed by atoms with E-state index in [-0.39, 0.29) is 31.1 Å². The third-order valence-electron chi connectivity index (χ3n) is 16.3. The molecule has 0 saturated heterocycles. The Hall–Kier alpha value is -2.63. The van der Waals surface area contributed by atoms with E-state index in [1.54, 1.807) is 0 Å². The van der Waals surface area contributed by atoms with Gasteiger partial charge in [-0.15, -0.1) is 0 Å². The molecule has 0 rings (SSSR count). The van der Waals surface area contributed by atoms with Crippen LogP contribution in [0.3, 0.4) is 0 Å². The molecule has 0 fully saturated rings. The fourth-order valence-corrected chi connectivity index (χ4v) is 11.0. The number of esters is 3. The third kappa shape index (κ3) is 68.0. The first kappa shape index (κ1) is 78.4. The van der Waals surface area contributed by atoms with Gasteiger partial charge in [-0.3, -0.25) is 14.4 Å². The minimum Gasteiger partial charge on any atom is -0.462 e. The van der Waals surface area contributed by atoms with E-state index in [1.165, 1.54) is 270 Å². The van der Waals surface area contributed by atoms with Gasteiger partial charge < -0.3 is 14.2 Å². The second-order valence-electron chi connectivity index (χ2n) is 24.5. The Morgan fingerprint density at radius 2 is 0.481 bits per heavy atom. The molecule has 0 N–H and O–H groups in total. The van der Waals surface area contributed by atoms with Gasteiger partial charge >= 0.3 is 17.9 Å². The molecule has 1 unspecified atom stereocenters. The largest absolute Gasteiger partial charge is 0.462 e. The van der Waals surface area contributed by atoms with Crippen LogP contribution in [0.2, 0.25) is 0 Å². The smallest absolute Gasteiger partial charge is 0.306 e. The molecule has 474 valence electrons. The summed E-state index contributed by atoms with van der Waals surface area (Å²) in [5.74, 6) is -0.835. The van der Waals surface area contributed by atoms with E-state index in [1.807, 2.05) is 0 Å². The molecular weight excluding hydrogens is 997 g/mol. The number of carbonyl (C=O) groups excluding carboxylic acids is 3. The molecule has 0 heterocycles. The van der Waals surface area contributed by atoms with Crippen molar-refractivity contribution in [1.82, 2.24) is 0 Å². The number of hydrogen-bond acceptors (Lipinski definition) is 6. The summed E-state index contributed by atoms with van der Waals surface area (Å²) in [5, 5.41) is 0. The maximum atomic E-state index is 13.0. The highest BCUT2D eigenvalue weighted by Crippen LogP contribution is 2.19. The first-order valence-electron chi connectivity index (χ1n) is 36.1. The molecule has 0 aliphatic heterocycles. The zero-order chi connectivity index (χ0) is 58.5. The standard InChI is InChI=1S/C75H138O6/c1-4-7-10-13-16-19-22-25-27-29-31-33-35-36-37-38-39-40-41-43-44-46-48-50-53-56-59-62-65-68-74(77)80-71-72(70-79-73(76)67-64-61-58-55-52-24-21-18-15-12-9-6-3)81-75(78)69-66-63-60-57-54-51-49-47-45-42-34-32-30-28-26-23-20-17-14-11-8-5-2/h7,10,16,19,25,27,31,33,72H,4-6,8-9,11-15,17-18,20-24,26,28-30,32,34-71H2,1-3H3/b10-7-,19-16-,27-25-,33-31-. The van der Waals surface area contributed by atoms with Crippen LogP contribution in [0.4, 0.5) is 0 Å². The van der Waals surface area contributed by atoms with Crippen molar-refractivity contribution in [2.45, 2.75) is 399 Å². The molecule has 0 amide bonds. The minimum atomic E-state index is -0.769. The van der Waals surface area contributed by atoms with Gasteiger partial charge in [-0.25, -0.2) is 0 Å². The first-order valence-corrected chi connectivity index (χ1v) is 36.1.